The molecule has 0 saturated carbocycles. The molecule has 5 nitrogen and oxygen atoms in total. The number of hydrogen-bond acceptors (Lipinski definition) is 4. The second-order valence-corrected chi connectivity index (χ2v) is 5.03. The van der Waals surface area contributed by atoms with Crippen molar-refractivity contribution in [2.75, 3.05) is 10.4 Å². The molecule has 0 bridgehead atoms. The minimum Gasteiger partial charge on any atom is -0.289 e. The topological polar surface area (TPSA) is 56.7 Å². The maximum absolute atomic E-state index is 12.4. The molecule has 0 aromatic heterocycles. The summed E-state index contributed by atoms with van der Waals surface area (Å²) in [6.45, 7) is 3.82. The van der Waals surface area contributed by atoms with Crippen molar-refractivity contribution in [2.24, 2.45) is 5.10 Å². The largest absolute Gasteiger partial charge is 0.299 e. The van der Waals surface area contributed by atoms with E-state index in [1.165, 1.54) is 5.01 Å². The first-order valence-electron chi connectivity index (χ1n) is 6.60. The molecule has 1 aliphatic heterocycles. The van der Waals surface area contributed by atoms with E-state index in [0.717, 1.165) is 5.69 Å². The quantitative estimate of drug-likeness (QED) is 0.856. The fourth-order valence-electron chi connectivity index (χ4n) is 2.02. The van der Waals surface area contributed by atoms with Gasteiger partial charge in [0.05, 0.1) is 22.1 Å². The number of anilines is 2. The van der Waals surface area contributed by atoms with Crippen LogP contribution in [0.3, 0.4) is 0 Å². The van der Waals surface area contributed by atoms with E-state index in [0.29, 0.717) is 16.4 Å². The summed E-state index contributed by atoms with van der Waals surface area (Å²) >= 11 is 6.04. The maximum Gasteiger partial charge on any atom is 0.299 e. The molecule has 2 aromatic carbocycles. The van der Waals surface area contributed by atoms with Crippen LogP contribution in [0.15, 0.2) is 72.0 Å². The molecule has 6 heteroatoms. The van der Waals surface area contributed by atoms with Gasteiger partial charge in [0.25, 0.3) is 5.91 Å². The van der Waals surface area contributed by atoms with E-state index in [1.807, 2.05) is 42.5 Å². The van der Waals surface area contributed by atoms with Crippen LogP contribution in [-0.4, -0.2) is 11.6 Å². The molecular formula is C16H13ClN4O. The summed E-state index contributed by atoms with van der Waals surface area (Å²) in [6.07, 6.45) is 0. The molecule has 1 amide bonds. The Morgan fingerprint density at radius 1 is 1.09 bits per heavy atom. The molecule has 0 spiro atoms. The van der Waals surface area contributed by atoms with Crippen molar-refractivity contribution >= 4 is 34.6 Å². The lowest BCUT2D eigenvalue weighted by Gasteiger charge is -2.14. The van der Waals surface area contributed by atoms with E-state index in [1.54, 1.807) is 12.1 Å². The van der Waals surface area contributed by atoms with Crippen LogP contribution in [0.2, 0.25) is 5.02 Å². The highest BCUT2D eigenvalue weighted by molar-refractivity contribution is 6.51. The molecule has 1 aliphatic rings. The first kappa shape index (κ1) is 14.2. The number of hydrazine groups is 1. The highest BCUT2D eigenvalue weighted by Gasteiger charge is 2.32. The average Bonchev–Trinajstić information content (AvgIpc) is 2.82. The van der Waals surface area contributed by atoms with Crippen molar-refractivity contribution in [2.45, 2.75) is 0 Å². The fraction of sp³-hybridized carbons (Fsp3) is 0. The molecule has 0 unspecified atom stereocenters. The third-order valence-corrected chi connectivity index (χ3v) is 3.44. The van der Waals surface area contributed by atoms with E-state index in [9.17, 15) is 4.79 Å². The van der Waals surface area contributed by atoms with Gasteiger partial charge in [0, 0.05) is 0 Å². The molecule has 110 valence electrons. The number of hydrazone groups is 1. The van der Waals surface area contributed by atoms with Gasteiger partial charge in [-0.2, -0.15) is 5.10 Å². The number of rotatable bonds is 3. The lowest BCUT2D eigenvalue weighted by molar-refractivity contribution is -0.112. The Morgan fingerprint density at radius 2 is 1.77 bits per heavy atom. The van der Waals surface area contributed by atoms with E-state index in [-0.39, 0.29) is 11.6 Å². The smallest absolute Gasteiger partial charge is 0.289 e. The van der Waals surface area contributed by atoms with Gasteiger partial charge in [-0.05, 0) is 24.3 Å². The van der Waals surface area contributed by atoms with Crippen LogP contribution in [-0.2, 0) is 4.79 Å². The molecule has 1 fully saturated rings. The number of hydrogen-bond donors (Lipinski definition) is 2. The Balaban J connectivity index is 1.83. The molecule has 22 heavy (non-hydrogen) atoms. The van der Waals surface area contributed by atoms with Crippen LogP contribution in [0, 0.1) is 0 Å². The van der Waals surface area contributed by atoms with Crippen molar-refractivity contribution < 1.29 is 4.79 Å². The number of carbonyl (C=O) groups excluding carboxylic acids is 1. The number of para-hydroxylation sites is 2. The molecule has 0 atom stereocenters. The molecule has 2 N–H and O–H groups in total. The van der Waals surface area contributed by atoms with E-state index < -0.39 is 0 Å². The summed E-state index contributed by atoms with van der Waals surface area (Å²) in [6, 6.07) is 16.4. The van der Waals surface area contributed by atoms with Gasteiger partial charge in [-0.25, -0.2) is 5.01 Å². The van der Waals surface area contributed by atoms with Crippen LogP contribution in [0.4, 0.5) is 11.4 Å². The Kier molecular flexibility index (Phi) is 3.80. The van der Waals surface area contributed by atoms with Crippen LogP contribution < -0.4 is 15.9 Å². The van der Waals surface area contributed by atoms with Gasteiger partial charge in [0.1, 0.15) is 0 Å². The molecule has 3 rings (SSSR count). The molecule has 0 radical (unpaired) electrons. The standard InChI is InChI=1S/C16H13ClN4O/c1-11-15(19-18-14-10-6-5-9-13(14)17)16(22)21(20-11)12-7-3-2-4-8-12/h2-10,18,20H,1H2/b19-15+. The van der Waals surface area contributed by atoms with Gasteiger partial charge >= 0.3 is 0 Å². The number of nitrogens with zero attached hydrogens (tertiary/aromatic N) is 2. The normalized spacial score (nSPS) is 16.0. The SMILES string of the molecule is C=C1NN(c2ccccc2)C(=O)/C1=N/Nc1ccccc1Cl. The lowest BCUT2D eigenvalue weighted by atomic mass is 10.3. The summed E-state index contributed by atoms with van der Waals surface area (Å²) < 4.78 is 0. The Hall–Kier alpha value is -2.79. The van der Waals surface area contributed by atoms with Crippen LogP contribution in [0.5, 0.6) is 0 Å². The third-order valence-electron chi connectivity index (χ3n) is 3.11. The number of amides is 1. The highest BCUT2D eigenvalue weighted by Crippen LogP contribution is 2.22. The zero-order chi connectivity index (χ0) is 15.5. The average molecular weight is 313 g/mol. The monoisotopic (exact) mass is 312 g/mol. The minimum atomic E-state index is -0.282. The molecule has 2 aromatic rings. The third kappa shape index (κ3) is 2.66. The predicted molar refractivity (Wildman–Crippen MR) is 88.7 cm³/mol. The van der Waals surface area contributed by atoms with Crippen molar-refractivity contribution in [1.82, 2.24) is 5.43 Å². The summed E-state index contributed by atoms with van der Waals surface area (Å²) in [4.78, 5) is 12.4. The number of halogens is 1. The zero-order valence-corrected chi connectivity index (χ0v) is 12.3. The first-order chi connectivity index (χ1) is 10.7. The van der Waals surface area contributed by atoms with E-state index >= 15 is 0 Å². The molecule has 0 aliphatic carbocycles. The fourth-order valence-corrected chi connectivity index (χ4v) is 2.19. The first-order valence-corrected chi connectivity index (χ1v) is 6.98. The van der Waals surface area contributed by atoms with Gasteiger partial charge in [-0.15, -0.1) is 0 Å². The summed E-state index contributed by atoms with van der Waals surface area (Å²) in [5, 5.41) is 6.04. The van der Waals surface area contributed by atoms with Crippen molar-refractivity contribution in [3.05, 3.63) is 71.9 Å². The van der Waals surface area contributed by atoms with E-state index in [2.05, 4.69) is 22.5 Å². The van der Waals surface area contributed by atoms with Crippen molar-refractivity contribution in [3.8, 4) is 0 Å². The maximum atomic E-state index is 12.4. The molecular weight excluding hydrogens is 300 g/mol. The van der Waals surface area contributed by atoms with Gasteiger partial charge < -0.3 is 0 Å². The van der Waals surface area contributed by atoms with Crippen LogP contribution in [0.25, 0.3) is 0 Å². The molecule has 1 heterocycles. The Morgan fingerprint density at radius 3 is 2.50 bits per heavy atom. The van der Waals surface area contributed by atoms with Crippen LogP contribution >= 0.6 is 11.6 Å². The van der Waals surface area contributed by atoms with Gasteiger partial charge in [0.2, 0.25) is 0 Å². The zero-order valence-electron chi connectivity index (χ0n) is 11.6. The Bertz CT molecular complexity index is 758. The van der Waals surface area contributed by atoms with Crippen LogP contribution in [0.1, 0.15) is 0 Å². The number of benzene rings is 2. The predicted octanol–water partition coefficient (Wildman–Crippen LogP) is 3.17. The highest BCUT2D eigenvalue weighted by atomic mass is 35.5. The summed E-state index contributed by atoms with van der Waals surface area (Å²) in [7, 11) is 0. The summed E-state index contributed by atoms with van der Waals surface area (Å²) in [5.41, 5.74) is 7.68. The number of nitrogens with one attached hydrogen (secondary N) is 2. The van der Waals surface area contributed by atoms with Gasteiger partial charge in [-0.3, -0.25) is 15.6 Å². The number of carbonyl (C=O) groups is 1. The van der Waals surface area contributed by atoms with Gasteiger partial charge in [0.15, 0.2) is 5.71 Å². The molecule has 1 saturated heterocycles. The van der Waals surface area contributed by atoms with Crippen molar-refractivity contribution in [3.63, 3.8) is 0 Å². The Labute approximate surface area is 132 Å². The van der Waals surface area contributed by atoms with E-state index in [4.69, 9.17) is 11.6 Å². The second kappa shape index (κ2) is 5.91. The summed E-state index contributed by atoms with van der Waals surface area (Å²) in [5.74, 6) is -0.282. The second-order valence-electron chi connectivity index (χ2n) is 4.62. The van der Waals surface area contributed by atoms with Crippen molar-refractivity contribution in [1.29, 1.82) is 0 Å². The minimum absolute atomic E-state index is 0.212. The lowest BCUT2D eigenvalue weighted by Crippen LogP contribution is -2.34. The van der Waals surface area contributed by atoms with Gasteiger partial charge in [-0.1, -0.05) is 48.5 Å².